The smallest absolute Gasteiger partial charge is 0.409 e. The number of halogens is 1. The van der Waals surface area contributed by atoms with Crippen LogP contribution in [-0.2, 0) is 4.74 Å². The van der Waals surface area contributed by atoms with E-state index in [-0.39, 0.29) is 6.09 Å². The van der Waals surface area contributed by atoms with Crippen LogP contribution >= 0.6 is 15.9 Å². The molecule has 6 heteroatoms. The van der Waals surface area contributed by atoms with E-state index in [1.807, 2.05) is 25.1 Å². The number of ether oxygens (including phenoxy) is 2. The van der Waals surface area contributed by atoms with Gasteiger partial charge in [-0.3, -0.25) is 0 Å². The highest BCUT2D eigenvalue weighted by molar-refractivity contribution is 9.10. The molecule has 1 aromatic rings. The Balaban J connectivity index is 1.86. The normalized spacial score (nSPS) is 15.7. The number of amides is 1. The molecule has 5 nitrogen and oxygen atoms in total. The molecule has 21 heavy (non-hydrogen) atoms. The lowest BCUT2D eigenvalue weighted by molar-refractivity contribution is 0.0983. The Morgan fingerprint density at radius 1 is 1.43 bits per heavy atom. The standard InChI is InChI=1S/C15H21BrN2O3/c1-3-21-15(19)18-8-6-11(7-9-18)17-12-4-5-14(20-2)13(16)10-12/h4-5,10-11,17H,3,6-9H2,1-2H3. The second-order valence-corrected chi connectivity index (χ2v) is 5.81. The van der Waals surface area contributed by atoms with Gasteiger partial charge in [-0.25, -0.2) is 4.79 Å². The Morgan fingerprint density at radius 3 is 2.71 bits per heavy atom. The first-order chi connectivity index (χ1) is 10.1. The molecule has 1 fully saturated rings. The number of hydrogen-bond acceptors (Lipinski definition) is 4. The van der Waals surface area contributed by atoms with E-state index in [2.05, 4.69) is 21.2 Å². The van der Waals surface area contributed by atoms with E-state index in [1.165, 1.54) is 0 Å². The van der Waals surface area contributed by atoms with Gasteiger partial charge in [-0.2, -0.15) is 0 Å². The van der Waals surface area contributed by atoms with Crippen molar-refractivity contribution in [1.82, 2.24) is 4.90 Å². The highest BCUT2D eigenvalue weighted by Gasteiger charge is 2.23. The summed E-state index contributed by atoms with van der Waals surface area (Å²) in [5.74, 6) is 0.817. The maximum atomic E-state index is 11.6. The molecule has 0 saturated carbocycles. The number of benzene rings is 1. The lowest BCUT2D eigenvalue weighted by atomic mass is 10.1. The first kappa shape index (κ1) is 15.9. The van der Waals surface area contributed by atoms with E-state index in [0.29, 0.717) is 12.6 Å². The minimum absolute atomic E-state index is 0.205. The third-order valence-corrected chi connectivity index (χ3v) is 4.16. The zero-order valence-electron chi connectivity index (χ0n) is 12.4. The summed E-state index contributed by atoms with van der Waals surface area (Å²) in [7, 11) is 1.65. The molecule has 0 spiro atoms. The molecule has 0 unspecified atom stereocenters. The molecular weight excluding hydrogens is 336 g/mol. The number of nitrogens with one attached hydrogen (secondary N) is 1. The van der Waals surface area contributed by atoms with E-state index in [1.54, 1.807) is 12.0 Å². The van der Waals surface area contributed by atoms with Gasteiger partial charge in [-0.05, 0) is 53.9 Å². The van der Waals surface area contributed by atoms with Gasteiger partial charge in [-0.1, -0.05) is 0 Å². The molecule has 1 heterocycles. The summed E-state index contributed by atoms with van der Waals surface area (Å²) in [6.45, 7) is 3.71. The molecule has 1 aliphatic rings. The van der Waals surface area contributed by atoms with Crippen molar-refractivity contribution in [2.45, 2.75) is 25.8 Å². The first-order valence-electron chi connectivity index (χ1n) is 7.15. The summed E-state index contributed by atoms with van der Waals surface area (Å²) in [5.41, 5.74) is 1.05. The summed E-state index contributed by atoms with van der Waals surface area (Å²) in [4.78, 5) is 13.4. The molecule has 0 radical (unpaired) electrons. The van der Waals surface area contributed by atoms with Crippen molar-refractivity contribution in [1.29, 1.82) is 0 Å². The molecule has 1 aromatic carbocycles. The summed E-state index contributed by atoms with van der Waals surface area (Å²) in [6, 6.07) is 6.31. The van der Waals surface area contributed by atoms with Crippen LogP contribution in [-0.4, -0.2) is 43.8 Å². The maximum absolute atomic E-state index is 11.6. The van der Waals surface area contributed by atoms with E-state index in [9.17, 15) is 4.79 Å². The predicted octanol–water partition coefficient (Wildman–Crippen LogP) is 3.49. The van der Waals surface area contributed by atoms with Gasteiger partial charge in [0.25, 0.3) is 0 Å². The first-order valence-corrected chi connectivity index (χ1v) is 7.95. The van der Waals surface area contributed by atoms with Crippen molar-refractivity contribution in [2.75, 3.05) is 32.1 Å². The van der Waals surface area contributed by atoms with Crippen LogP contribution in [0.4, 0.5) is 10.5 Å². The van der Waals surface area contributed by atoms with Gasteiger partial charge in [0.05, 0.1) is 18.2 Å². The average Bonchev–Trinajstić information content (AvgIpc) is 2.48. The Kier molecular flexibility index (Phi) is 5.73. The highest BCUT2D eigenvalue weighted by Crippen LogP contribution is 2.28. The molecule has 0 aliphatic carbocycles. The topological polar surface area (TPSA) is 50.8 Å². The highest BCUT2D eigenvalue weighted by atomic mass is 79.9. The zero-order valence-corrected chi connectivity index (χ0v) is 14.0. The quantitative estimate of drug-likeness (QED) is 0.896. The molecule has 1 N–H and O–H groups in total. The van der Waals surface area contributed by atoms with Gasteiger partial charge in [0.15, 0.2) is 0 Å². The fourth-order valence-electron chi connectivity index (χ4n) is 2.41. The Labute approximate surface area is 133 Å². The van der Waals surface area contributed by atoms with Gasteiger partial charge in [-0.15, -0.1) is 0 Å². The monoisotopic (exact) mass is 356 g/mol. The van der Waals surface area contributed by atoms with E-state index in [0.717, 1.165) is 41.8 Å². The average molecular weight is 357 g/mol. The number of carbonyl (C=O) groups excluding carboxylic acids is 1. The van der Waals surface area contributed by atoms with Crippen LogP contribution in [0.1, 0.15) is 19.8 Å². The van der Waals surface area contributed by atoms with Crippen LogP contribution in [0.5, 0.6) is 5.75 Å². The van der Waals surface area contributed by atoms with Gasteiger partial charge < -0.3 is 19.7 Å². The predicted molar refractivity (Wildman–Crippen MR) is 85.9 cm³/mol. The lowest BCUT2D eigenvalue weighted by Crippen LogP contribution is -2.42. The molecule has 116 valence electrons. The van der Waals surface area contributed by atoms with Crippen molar-refractivity contribution in [3.63, 3.8) is 0 Å². The Bertz CT molecular complexity index is 488. The van der Waals surface area contributed by atoms with E-state index in [4.69, 9.17) is 9.47 Å². The summed E-state index contributed by atoms with van der Waals surface area (Å²) < 4.78 is 11.2. The molecule has 1 aliphatic heterocycles. The van der Waals surface area contributed by atoms with Crippen molar-refractivity contribution in [3.8, 4) is 5.75 Å². The van der Waals surface area contributed by atoms with Gasteiger partial charge >= 0.3 is 6.09 Å². The summed E-state index contributed by atoms with van der Waals surface area (Å²) in [5, 5.41) is 3.50. The number of piperidine rings is 1. The van der Waals surface area contributed by atoms with E-state index >= 15 is 0 Å². The van der Waals surface area contributed by atoms with Crippen LogP contribution < -0.4 is 10.1 Å². The lowest BCUT2D eigenvalue weighted by Gasteiger charge is -2.32. The third-order valence-electron chi connectivity index (χ3n) is 3.54. The van der Waals surface area contributed by atoms with Crippen molar-refractivity contribution in [2.24, 2.45) is 0 Å². The van der Waals surface area contributed by atoms with Crippen molar-refractivity contribution < 1.29 is 14.3 Å². The fourth-order valence-corrected chi connectivity index (χ4v) is 2.95. The molecule has 1 saturated heterocycles. The van der Waals surface area contributed by atoms with Crippen LogP contribution in [0, 0.1) is 0 Å². The summed E-state index contributed by atoms with van der Waals surface area (Å²) in [6.07, 6.45) is 1.63. The third kappa shape index (κ3) is 4.27. The Morgan fingerprint density at radius 2 is 2.14 bits per heavy atom. The second kappa shape index (κ2) is 7.54. The maximum Gasteiger partial charge on any atom is 0.409 e. The largest absolute Gasteiger partial charge is 0.496 e. The molecule has 0 aromatic heterocycles. The van der Waals surface area contributed by atoms with Crippen LogP contribution in [0.25, 0.3) is 0 Å². The number of hydrogen-bond donors (Lipinski definition) is 1. The van der Waals surface area contributed by atoms with Gasteiger partial charge in [0, 0.05) is 24.8 Å². The van der Waals surface area contributed by atoms with Gasteiger partial charge in [0.2, 0.25) is 0 Å². The summed E-state index contributed by atoms with van der Waals surface area (Å²) >= 11 is 3.48. The molecule has 1 amide bonds. The fraction of sp³-hybridized carbons (Fsp3) is 0.533. The Hall–Kier alpha value is -1.43. The number of anilines is 1. The van der Waals surface area contributed by atoms with Crippen molar-refractivity contribution >= 4 is 27.7 Å². The zero-order chi connectivity index (χ0) is 15.2. The van der Waals surface area contributed by atoms with Crippen molar-refractivity contribution in [3.05, 3.63) is 22.7 Å². The SMILES string of the molecule is CCOC(=O)N1CCC(Nc2ccc(OC)c(Br)c2)CC1. The number of carbonyl (C=O) groups is 1. The number of nitrogens with zero attached hydrogens (tertiary/aromatic N) is 1. The minimum Gasteiger partial charge on any atom is -0.496 e. The van der Waals surface area contributed by atoms with E-state index < -0.39 is 0 Å². The van der Waals surface area contributed by atoms with Crippen LogP contribution in [0.3, 0.4) is 0 Å². The number of rotatable bonds is 4. The molecule has 2 rings (SSSR count). The number of likely N-dealkylation sites (tertiary alicyclic amines) is 1. The molecular formula is C15H21BrN2O3. The minimum atomic E-state index is -0.205. The van der Waals surface area contributed by atoms with Crippen LogP contribution in [0.2, 0.25) is 0 Å². The van der Waals surface area contributed by atoms with Crippen LogP contribution in [0.15, 0.2) is 22.7 Å². The second-order valence-electron chi connectivity index (χ2n) is 4.95. The number of methoxy groups -OCH3 is 1. The molecule has 0 atom stereocenters. The van der Waals surface area contributed by atoms with Gasteiger partial charge in [0.1, 0.15) is 5.75 Å². The molecule has 0 bridgehead atoms.